The van der Waals surface area contributed by atoms with Crippen molar-refractivity contribution in [2.75, 3.05) is 35.5 Å². The highest BCUT2D eigenvalue weighted by Gasteiger charge is 2.38. The Morgan fingerprint density at radius 2 is 1.00 bits per heavy atom. The normalized spacial score (nSPS) is 21.7. The van der Waals surface area contributed by atoms with E-state index in [0.717, 1.165) is 35.8 Å². The first-order valence-corrected chi connectivity index (χ1v) is 9.13. The molecule has 0 aromatic heterocycles. The van der Waals surface area contributed by atoms with Crippen LogP contribution in [0.4, 0.5) is 0 Å². The quantitative estimate of drug-likeness (QED) is 0.721. The molecule has 0 radical (unpaired) electrons. The Labute approximate surface area is 161 Å². The van der Waals surface area contributed by atoms with Crippen LogP contribution >= 0.6 is 0 Å². The lowest BCUT2D eigenvalue weighted by atomic mass is 9.89. The fourth-order valence-electron chi connectivity index (χ4n) is 4.18. The van der Waals surface area contributed by atoms with Crippen molar-refractivity contribution in [1.82, 2.24) is 0 Å². The molecule has 0 spiro atoms. The molecule has 1 aliphatic carbocycles. The predicted octanol–water partition coefficient (Wildman–Crippen LogP) is 4.40. The van der Waals surface area contributed by atoms with Gasteiger partial charge in [0.05, 0.1) is 34.5 Å². The number of rotatable bonds is 7. The highest BCUT2D eigenvalue weighted by molar-refractivity contribution is 5.47. The summed E-state index contributed by atoms with van der Waals surface area (Å²) in [6.45, 7) is 0. The molecular weight excluding hydrogens is 344 g/mol. The molecule has 2 aromatic rings. The maximum atomic E-state index is 5.96. The van der Waals surface area contributed by atoms with E-state index >= 15 is 0 Å². The van der Waals surface area contributed by atoms with Gasteiger partial charge < -0.3 is 23.7 Å². The molecule has 5 heteroatoms. The van der Waals surface area contributed by atoms with Crippen molar-refractivity contribution in [3.8, 4) is 23.0 Å². The lowest BCUT2D eigenvalue weighted by molar-refractivity contribution is 0.0806. The Kier molecular flexibility index (Phi) is 6.11. The molecule has 1 unspecified atom stereocenters. The van der Waals surface area contributed by atoms with Crippen LogP contribution in [0.1, 0.15) is 35.8 Å². The van der Waals surface area contributed by atoms with Crippen molar-refractivity contribution in [3.63, 3.8) is 0 Å². The van der Waals surface area contributed by atoms with Crippen molar-refractivity contribution in [2.45, 2.75) is 30.8 Å². The van der Waals surface area contributed by atoms with Gasteiger partial charge in [0, 0.05) is 18.9 Å². The zero-order valence-corrected chi connectivity index (χ0v) is 16.7. The van der Waals surface area contributed by atoms with E-state index in [1.807, 2.05) is 12.1 Å². The van der Waals surface area contributed by atoms with E-state index < -0.39 is 0 Å². The molecule has 0 N–H and O–H groups in total. The molecule has 27 heavy (non-hydrogen) atoms. The zero-order valence-electron chi connectivity index (χ0n) is 16.7. The van der Waals surface area contributed by atoms with Crippen LogP contribution in [0.5, 0.6) is 23.0 Å². The third kappa shape index (κ3) is 3.69. The Morgan fingerprint density at radius 3 is 1.33 bits per heavy atom. The van der Waals surface area contributed by atoms with Crippen molar-refractivity contribution in [2.24, 2.45) is 0 Å². The molecule has 1 saturated carbocycles. The molecule has 0 heterocycles. The number of ether oxygens (including phenoxy) is 5. The summed E-state index contributed by atoms with van der Waals surface area (Å²) in [5, 5.41) is 0. The average Bonchev–Trinajstić information content (AvgIpc) is 3.16. The van der Waals surface area contributed by atoms with Crippen molar-refractivity contribution in [1.29, 1.82) is 0 Å². The zero-order chi connectivity index (χ0) is 19.4. The van der Waals surface area contributed by atoms with Gasteiger partial charge in [-0.15, -0.1) is 0 Å². The summed E-state index contributed by atoms with van der Waals surface area (Å²) in [7, 11) is 8.42. The Balaban J connectivity index is 1.90. The standard InChI is InChI=1S/C22H28O5/c1-23-18-10-6-14(12-20(18)25-3)16-8-9-17(22(16)27-5)15-7-11-19(24-2)21(13-15)26-4/h6-7,10-13,16-17,22H,8-9H2,1-5H3/t16-,17+,22?. The maximum Gasteiger partial charge on any atom is 0.160 e. The van der Waals surface area contributed by atoms with Crippen LogP contribution in [0.2, 0.25) is 0 Å². The van der Waals surface area contributed by atoms with Crippen LogP contribution < -0.4 is 18.9 Å². The summed E-state index contributed by atoms with van der Waals surface area (Å²) in [4.78, 5) is 0. The van der Waals surface area contributed by atoms with Crippen molar-refractivity contribution in [3.05, 3.63) is 47.5 Å². The Hall–Kier alpha value is -2.40. The minimum atomic E-state index is 0.0844. The molecule has 3 atom stereocenters. The molecule has 5 nitrogen and oxygen atoms in total. The SMILES string of the molecule is COc1ccc([C@H]2CC[C@@H](c3ccc(OC)c(OC)c3)C2OC)cc1OC. The van der Waals surface area contributed by atoms with Gasteiger partial charge in [-0.25, -0.2) is 0 Å². The number of hydrogen-bond acceptors (Lipinski definition) is 5. The lowest BCUT2D eigenvalue weighted by Crippen LogP contribution is -2.21. The average molecular weight is 372 g/mol. The Bertz CT molecular complexity index is 710. The summed E-state index contributed by atoms with van der Waals surface area (Å²) in [6.07, 6.45) is 2.18. The highest BCUT2D eigenvalue weighted by Crippen LogP contribution is 2.47. The van der Waals surface area contributed by atoms with Crippen LogP contribution in [0, 0.1) is 0 Å². The lowest BCUT2D eigenvalue weighted by Gasteiger charge is -2.25. The number of hydrogen-bond donors (Lipinski definition) is 0. The summed E-state index contributed by atoms with van der Waals surface area (Å²) in [6, 6.07) is 12.3. The fraction of sp³-hybridized carbons (Fsp3) is 0.455. The molecule has 3 rings (SSSR count). The van der Waals surface area contributed by atoms with Gasteiger partial charge >= 0.3 is 0 Å². The molecule has 1 fully saturated rings. The second-order valence-corrected chi connectivity index (χ2v) is 6.72. The summed E-state index contributed by atoms with van der Waals surface area (Å²) in [5.74, 6) is 3.58. The minimum Gasteiger partial charge on any atom is -0.493 e. The van der Waals surface area contributed by atoms with E-state index in [-0.39, 0.29) is 6.10 Å². The second kappa shape index (κ2) is 8.53. The van der Waals surface area contributed by atoms with Gasteiger partial charge in [-0.1, -0.05) is 12.1 Å². The van der Waals surface area contributed by atoms with Crippen LogP contribution in [0.15, 0.2) is 36.4 Å². The first kappa shape index (κ1) is 19.4. The van der Waals surface area contributed by atoms with E-state index in [1.165, 1.54) is 11.1 Å². The third-order valence-electron chi connectivity index (χ3n) is 5.53. The van der Waals surface area contributed by atoms with Gasteiger partial charge in [-0.2, -0.15) is 0 Å². The van der Waals surface area contributed by atoms with Crippen LogP contribution in [0.3, 0.4) is 0 Å². The van der Waals surface area contributed by atoms with Crippen LogP contribution in [-0.2, 0) is 4.74 Å². The van der Waals surface area contributed by atoms with Gasteiger partial charge in [-0.3, -0.25) is 0 Å². The smallest absolute Gasteiger partial charge is 0.160 e. The number of methoxy groups -OCH3 is 5. The van der Waals surface area contributed by atoms with E-state index in [0.29, 0.717) is 11.8 Å². The molecule has 1 aliphatic rings. The Morgan fingerprint density at radius 1 is 0.593 bits per heavy atom. The molecule has 146 valence electrons. The van der Waals surface area contributed by atoms with Gasteiger partial charge in [0.15, 0.2) is 23.0 Å². The summed E-state index contributed by atoms with van der Waals surface area (Å²) < 4.78 is 27.6. The van der Waals surface area contributed by atoms with Gasteiger partial charge in [0.1, 0.15) is 0 Å². The van der Waals surface area contributed by atoms with E-state index in [1.54, 1.807) is 35.5 Å². The van der Waals surface area contributed by atoms with E-state index in [2.05, 4.69) is 24.3 Å². The maximum absolute atomic E-state index is 5.96. The predicted molar refractivity (Wildman–Crippen MR) is 105 cm³/mol. The molecule has 0 amide bonds. The first-order valence-electron chi connectivity index (χ1n) is 9.13. The molecule has 0 bridgehead atoms. The molecule has 2 aromatic carbocycles. The molecule has 0 saturated heterocycles. The summed E-state index contributed by atoms with van der Waals surface area (Å²) >= 11 is 0. The third-order valence-corrected chi connectivity index (χ3v) is 5.53. The van der Waals surface area contributed by atoms with E-state index in [4.69, 9.17) is 23.7 Å². The second-order valence-electron chi connectivity index (χ2n) is 6.72. The molecular formula is C22H28O5. The van der Waals surface area contributed by atoms with Gasteiger partial charge in [0.2, 0.25) is 0 Å². The fourth-order valence-corrected chi connectivity index (χ4v) is 4.18. The summed E-state index contributed by atoms with van der Waals surface area (Å²) in [5.41, 5.74) is 2.42. The first-order chi connectivity index (χ1) is 13.2. The van der Waals surface area contributed by atoms with Crippen molar-refractivity contribution < 1.29 is 23.7 Å². The van der Waals surface area contributed by atoms with Gasteiger partial charge in [-0.05, 0) is 48.2 Å². The number of benzene rings is 2. The van der Waals surface area contributed by atoms with Gasteiger partial charge in [0.25, 0.3) is 0 Å². The topological polar surface area (TPSA) is 46.2 Å². The van der Waals surface area contributed by atoms with Crippen LogP contribution in [-0.4, -0.2) is 41.7 Å². The highest BCUT2D eigenvalue weighted by atomic mass is 16.5. The van der Waals surface area contributed by atoms with Crippen molar-refractivity contribution >= 4 is 0 Å². The minimum absolute atomic E-state index is 0.0844. The monoisotopic (exact) mass is 372 g/mol. The largest absolute Gasteiger partial charge is 0.493 e. The molecule has 0 aliphatic heterocycles. The van der Waals surface area contributed by atoms with Crippen LogP contribution in [0.25, 0.3) is 0 Å². The van der Waals surface area contributed by atoms with E-state index in [9.17, 15) is 0 Å².